The summed E-state index contributed by atoms with van der Waals surface area (Å²) in [4.78, 5) is 4.52. The van der Waals surface area contributed by atoms with Crippen molar-refractivity contribution in [2.24, 2.45) is 0 Å². The SMILES string of the molecule is COc1cc(NCC[C@H]2CCCCN2)c2ncccc2c1OC. The maximum atomic E-state index is 5.50. The number of nitrogens with one attached hydrogen (secondary N) is 2. The number of hydrogen-bond donors (Lipinski definition) is 2. The van der Waals surface area contributed by atoms with E-state index in [2.05, 4.69) is 15.6 Å². The van der Waals surface area contributed by atoms with Gasteiger partial charge in [0.15, 0.2) is 11.5 Å². The number of benzene rings is 1. The van der Waals surface area contributed by atoms with Gasteiger partial charge in [-0.05, 0) is 37.9 Å². The molecule has 124 valence electrons. The van der Waals surface area contributed by atoms with Crippen LogP contribution in [0, 0.1) is 0 Å². The van der Waals surface area contributed by atoms with Crippen LogP contribution >= 0.6 is 0 Å². The Bertz CT molecular complexity index is 654. The monoisotopic (exact) mass is 315 g/mol. The zero-order valence-electron chi connectivity index (χ0n) is 13.9. The molecule has 5 heteroatoms. The van der Waals surface area contributed by atoms with Crippen LogP contribution in [-0.4, -0.2) is 38.3 Å². The minimum atomic E-state index is 0.621. The molecule has 23 heavy (non-hydrogen) atoms. The van der Waals surface area contributed by atoms with Gasteiger partial charge in [0.05, 0.1) is 25.4 Å². The Morgan fingerprint density at radius 1 is 1.30 bits per heavy atom. The molecule has 0 unspecified atom stereocenters. The van der Waals surface area contributed by atoms with E-state index in [1.165, 1.54) is 19.3 Å². The molecule has 0 saturated carbocycles. The van der Waals surface area contributed by atoms with Gasteiger partial charge >= 0.3 is 0 Å². The van der Waals surface area contributed by atoms with Crippen LogP contribution in [0.3, 0.4) is 0 Å². The van der Waals surface area contributed by atoms with Crippen molar-refractivity contribution in [3.8, 4) is 11.5 Å². The lowest BCUT2D eigenvalue weighted by Gasteiger charge is -2.23. The standard InChI is InChI=1S/C18H25N3O2/c1-22-16-12-15(20-11-8-13-6-3-4-9-19-13)17-14(18(16)23-2)7-5-10-21-17/h5,7,10,12-13,19-20H,3-4,6,8-9,11H2,1-2H3/t13-/m1/s1. The third kappa shape index (κ3) is 3.50. The summed E-state index contributed by atoms with van der Waals surface area (Å²) in [5.41, 5.74) is 1.91. The molecule has 3 rings (SSSR count). The third-order valence-corrected chi connectivity index (χ3v) is 4.45. The molecule has 1 atom stereocenters. The molecule has 5 nitrogen and oxygen atoms in total. The number of piperidine rings is 1. The van der Waals surface area contributed by atoms with E-state index in [0.717, 1.165) is 47.6 Å². The van der Waals surface area contributed by atoms with Crippen molar-refractivity contribution in [3.05, 3.63) is 24.4 Å². The number of hydrogen-bond acceptors (Lipinski definition) is 5. The molecule has 2 aromatic rings. The molecule has 0 radical (unpaired) electrons. The topological polar surface area (TPSA) is 55.4 Å². The molecule has 0 spiro atoms. The summed E-state index contributed by atoms with van der Waals surface area (Å²) < 4.78 is 11.0. The minimum absolute atomic E-state index is 0.621. The third-order valence-electron chi connectivity index (χ3n) is 4.45. The first-order valence-corrected chi connectivity index (χ1v) is 8.30. The summed E-state index contributed by atoms with van der Waals surface area (Å²) >= 11 is 0. The number of ether oxygens (including phenoxy) is 2. The molecule has 0 amide bonds. The van der Waals surface area contributed by atoms with Gasteiger partial charge in [-0.25, -0.2) is 0 Å². The molecule has 1 aromatic carbocycles. The minimum Gasteiger partial charge on any atom is -0.493 e. The highest BCUT2D eigenvalue weighted by atomic mass is 16.5. The fraction of sp³-hybridized carbons (Fsp3) is 0.500. The maximum absolute atomic E-state index is 5.50. The normalized spacial score (nSPS) is 17.9. The van der Waals surface area contributed by atoms with Crippen LogP contribution in [0.15, 0.2) is 24.4 Å². The van der Waals surface area contributed by atoms with Crippen molar-refractivity contribution in [3.63, 3.8) is 0 Å². The molecule has 1 aliphatic heterocycles. The van der Waals surface area contributed by atoms with Gasteiger partial charge in [-0.2, -0.15) is 0 Å². The van der Waals surface area contributed by atoms with Crippen molar-refractivity contribution in [1.29, 1.82) is 0 Å². The first-order chi connectivity index (χ1) is 11.3. The summed E-state index contributed by atoms with van der Waals surface area (Å²) in [5.74, 6) is 1.46. The van der Waals surface area contributed by atoms with Gasteiger partial charge in [0, 0.05) is 30.2 Å². The number of nitrogens with zero attached hydrogens (tertiary/aromatic N) is 1. The molecular weight excluding hydrogens is 290 g/mol. The van der Waals surface area contributed by atoms with Crippen LogP contribution < -0.4 is 20.1 Å². The summed E-state index contributed by atoms with van der Waals surface area (Å²) in [6, 6.07) is 6.52. The van der Waals surface area contributed by atoms with Gasteiger partial charge in [-0.15, -0.1) is 0 Å². The zero-order chi connectivity index (χ0) is 16.1. The van der Waals surface area contributed by atoms with Crippen LogP contribution in [0.4, 0.5) is 5.69 Å². The van der Waals surface area contributed by atoms with Gasteiger partial charge in [-0.1, -0.05) is 6.42 Å². The lowest BCUT2D eigenvalue weighted by atomic mass is 10.0. The molecule has 0 bridgehead atoms. The Labute approximate surface area is 137 Å². The average molecular weight is 315 g/mol. The van der Waals surface area contributed by atoms with Gasteiger partial charge in [0.1, 0.15) is 0 Å². The van der Waals surface area contributed by atoms with Gasteiger partial charge in [0.25, 0.3) is 0 Å². The molecule has 1 aliphatic rings. The maximum Gasteiger partial charge on any atom is 0.170 e. The fourth-order valence-corrected chi connectivity index (χ4v) is 3.25. The van der Waals surface area contributed by atoms with E-state index in [-0.39, 0.29) is 0 Å². The highest BCUT2D eigenvalue weighted by molar-refractivity contribution is 5.97. The van der Waals surface area contributed by atoms with Gasteiger partial charge in [0.2, 0.25) is 0 Å². The summed E-state index contributed by atoms with van der Waals surface area (Å²) in [7, 11) is 3.32. The number of fused-ring (bicyclic) bond motifs is 1. The average Bonchev–Trinajstić information content (AvgIpc) is 2.62. The van der Waals surface area contributed by atoms with Crippen LogP contribution in [-0.2, 0) is 0 Å². The van der Waals surface area contributed by atoms with Crippen molar-refractivity contribution >= 4 is 16.6 Å². The Morgan fingerprint density at radius 3 is 2.96 bits per heavy atom. The Balaban J connectivity index is 1.79. The molecule has 1 saturated heterocycles. The van der Waals surface area contributed by atoms with E-state index in [0.29, 0.717) is 6.04 Å². The predicted molar refractivity (Wildman–Crippen MR) is 93.6 cm³/mol. The number of anilines is 1. The number of pyridine rings is 1. The Morgan fingerprint density at radius 2 is 2.22 bits per heavy atom. The highest BCUT2D eigenvalue weighted by Crippen LogP contribution is 2.39. The van der Waals surface area contributed by atoms with Crippen LogP contribution in [0.5, 0.6) is 11.5 Å². The van der Waals surface area contributed by atoms with Crippen molar-refractivity contribution in [1.82, 2.24) is 10.3 Å². The number of methoxy groups -OCH3 is 2. The van der Waals surface area contributed by atoms with E-state index < -0.39 is 0 Å². The van der Waals surface area contributed by atoms with E-state index in [9.17, 15) is 0 Å². The summed E-state index contributed by atoms with van der Waals surface area (Å²) in [5, 5.41) is 8.07. The van der Waals surface area contributed by atoms with E-state index in [4.69, 9.17) is 9.47 Å². The van der Waals surface area contributed by atoms with Crippen molar-refractivity contribution < 1.29 is 9.47 Å². The molecule has 0 aliphatic carbocycles. The molecule has 2 N–H and O–H groups in total. The molecule has 1 aromatic heterocycles. The number of aromatic nitrogens is 1. The van der Waals surface area contributed by atoms with Crippen molar-refractivity contribution in [2.75, 3.05) is 32.6 Å². The van der Waals surface area contributed by atoms with E-state index in [1.807, 2.05) is 24.4 Å². The second-order valence-electron chi connectivity index (χ2n) is 5.92. The second kappa shape index (κ2) is 7.51. The largest absolute Gasteiger partial charge is 0.493 e. The summed E-state index contributed by atoms with van der Waals surface area (Å²) in [6.07, 6.45) is 6.82. The summed E-state index contributed by atoms with van der Waals surface area (Å²) in [6.45, 7) is 2.06. The van der Waals surface area contributed by atoms with Crippen LogP contribution in [0.25, 0.3) is 10.9 Å². The first-order valence-electron chi connectivity index (χ1n) is 8.30. The number of rotatable bonds is 6. The van der Waals surface area contributed by atoms with Gasteiger partial charge < -0.3 is 20.1 Å². The second-order valence-corrected chi connectivity index (χ2v) is 5.92. The molecule has 1 fully saturated rings. The van der Waals surface area contributed by atoms with Crippen molar-refractivity contribution in [2.45, 2.75) is 31.7 Å². The fourth-order valence-electron chi connectivity index (χ4n) is 3.25. The lowest BCUT2D eigenvalue weighted by Crippen LogP contribution is -2.35. The zero-order valence-corrected chi connectivity index (χ0v) is 13.9. The van der Waals surface area contributed by atoms with E-state index >= 15 is 0 Å². The van der Waals surface area contributed by atoms with E-state index in [1.54, 1.807) is 14.2 Å². The molecular formula is C18H25N3O2. The Kier molecular flexibility index (Phi) is 5.18. The lowest BCUT2D eigenvalue weighted by molar-refractivity contribution is 0.358. The Hall–Kier alpha value is -2.01. The van der Waals surface area contributed by atoms with Crippen LogP contribution in [0.2, 0.25) is 0 Å². The quantitative estimate of drug-likeness (QED) is 0.857. The van der Waals surface area contributed by atoms with Gasteiger partial charge in [-0.3, -0.25) is 4.98 Å². The smallest absolute Gasteiger partial charge is 0.170 e. The highest BCUT2D eigenvalue weighted by Gasteiger charge is 2.15. The predicted octanol–water partition coefficient (Wildman–Crippen LogP) is 3.20. The molecule has 2 heterocycles. The van der Waals surface area contributed by atoms with Crippen LogP contribution in [0.1, 0.15) is 25.7 Å². The first kappa shape index (κ1) is 15.9.